The number of nitrogens with zero attached hydrogens (tertiary/aromatic N) is 2. The molecule has 10 nitrogen and oxygen atoms in total. The Balaban J connectivity index is 1.64. The van der Waals surface area contributed by atoms with E-state index in [1.165, 1.54) is 42.0 Å². The predicted octanol–water partition coefficient (Wildman–Crippen LogP) is 3.41. The predicted molar refractivity (Wildman–Crippen MR) is 122 cm³/mol. The molecule has 1 fully saturated rings. The van der Waals surface area contributed by atoms with Gasteiger partial charge in [-0.25, -0.2) is 18.9 Å². The Hall–Kier alpha value is -2.86. The van der Waals surface area contributed by atoms with E-state index in [2.05, 4.69) is 9.71 Å². The highest BCUT2D eigenvalue weighted by molar-refractivity contribution is 7.92. The van der Waals surface area contributed by atoms with Crippen molar-refractivity contribution in [3.63, 3.8) is 0 Å². The molecule has 0 spiro atoms. The number of benzene rings is 1. The van der Waals surface area contributed by atoms with E-state index >= 15 is 0 Å². The first-order valence-corrected chi connectivity index (χ1v) is 12.2. The molecule has 1 aliphatic rings. The number of sulfonamides is 1. The Morgan fingerprint density at radius 2 is 2.18 bits per heavy atom. The third kappa shape index (κ3) is 5.06. The molecule has 1 atom stereocenters. The normalized spacial score (nSPS) is 16.7. The summed E-state index contributed by atoms with van der Waals surface area (Å²) >= 11 is 6.12. The lowest BCUT2D eigenvalue weighted by molar-refractivity contribution is 0.0525. The van der Waals surface area contributed by atoms with Crippen molar-refractivity contribution in [3.05, 3.63) is 47.3 Å². The van der Waals surface area contributed by atoms with Gasteiger partial charge in [0.15, 0.2) is 11.6 Å². The van der Waals surface area contributed by atoms with Crippen LogP contribution in [0.25, 0.3) is 11.0 Å². The Kier molecular flexibility index (Phi) is 6.75. The molecule has 0 saturated carbocycles. The van der Waals surface area contributed by atoms with E-state index in [9.17, 15) is 13.2 Å². The summed E-state index contributed by atoms with van der Waals surface area (Å²) in [6.45, 7) is 3.84. The number of anilines is 2. The molecule has 2 aromatic heterocycles. The second kappa shape index (κ2) is 9.56. The molecule has 4 rings (SSSR count). The number of hydrogen-bond donors (Lipinski definition) is 3. The molecule has 3 N–H and O–H groups in total. The number of halogens is 1. The number of furan rings is 1. The van der Waals surface area contributed by atoms with E-state index in [1.807, 2.05) is 11.8 Å². The van der Waals surface area contributed by atoms with Crippen molar-refractivity contribution in [2.45, 2.75) is 30.8 Å². The van der Waals surface area contributed by atoms with Gasteiger partial charge < -0.3 is 14.1 Å². The quantitative estimate of drug-likeness (QED) is 0.336. The van der Waals surface area contributed by atoms with Crippen LogP contribution >= 0.6 is 11.6 Å². The topological polar surface area (TPSA) is 134 Å². The fourth-order valence-corrected chi connectivity index (χ4v) is 5.04. The Morgan fingerprint density at radius 3 is 2.94 bits per heavy atom. The summed E-state index contributed by atoms with van der Waals surface area (Å²) < 4.78 is 40.0. The van der Waals surface area contributed by atoms with E-state index in [0.29, 0.717) is 30.9 Å². The fourth-order valence-electron chi connectivity index (χ4n) is 3.81. The molecule has 33 heavy (non-hydrogen) atoms. The van der Waals surface area contributed by atoms with Crippen molar-refractivity contribution in [2.24, 2.45) is 0 Å². The van der Waals surface area contributed by atoms with Crippen molar-refractivity contribution in [1.29, 1.82) is 0 Å². The maximum atomic E-state index is 13.2. The van der Waals surface area contributed by atoms with Crippen LogP contribution in [-0.2, 0) is 14.8 Å². The number of piperidine rings is 1. The van der Waals surface area contributed by atoms with E-state index < -0.39 is 15.9 Å². The third-order valence-electron chi connectivity index (χ3n) is 5.28. The van der Waals surface area contributed by atoms with Gasteiger partial charge in [0.25, 0.3) is 10.0 Å². The van der Waals surface area contributed by atoms with Crippen LogP contribution in [0.15, 0.2) is 45.8 Å². The zero-order valence-corrected chi connectivity index (χ0v) is 19.3. The number of pyridine rings is 1. The number of ether oxygens (including phenoxy) is 1. The molecule has 1 aliphatic heterocycles. The Morgan fingerprint density at radius 1 is 1.36 bits per heavy atom. The smallest absolute Gasteiger partial charge is 0.310 e. The minimum atomic E-state index is -4.04. The lowest BCUT2D eigenvalue weighted by Crippen LogP contribution is -2.40. The molecule has 0 aliphatic carbocycles. The number of carbonyl (C=O) groups is 1. The average Bonchev–Trinajstić information content (AvgIpc) is 3.22. The average molecular weight is 495 g/mol. The number of amides is 1. The fraction of sp³-hybridized carbons (Fsp3) is 0.333. The van der Waals surface area contributed by atoms with Gasteiger partial charge in [0.2, 0.25) is 0 Å². The van der Waals surface area contributed by atoms with Crippen molar-refractivity contribution >= 4 is 50.0 Å². The molecule has 176 valence electrons. The van der Waals surface area contributed by atoms with Gasteiger partial charge >= 0.3 is 5.91 Å². The van der Waals surface area contributed by atoms with Crippen molar-refractivity contribution in [3.8, 4) is 0 Å². The highest BCUT2D eigenvalue weighted by atomic mass is 35.5. The Bertz CT molecular complexity index is 1280. The van der Waals surface area contributed by atoms with Gasteiger partial charge in [-0.05, 0) is 44.0 Å². The Labute approximate surface area is 195 Å². The lowest BCUT2D eigenvalue weighted by atomic mass is 10.1. The van der Waals surface area contributed by atoms with Gasteiger partial charge in [-0.2, -0.15) is 0 Å². The van der Waals surface area contributed by atoms with Crippen LogP contribution in [0.2, 0.25) is 5.02 Å². The van der Waals surface area contributed by atoms with Crippen LogP contribution in [0.3, 0.4) is 0 Å². The first kappa shape index (κ1) is 23.3. The highest BCUT2D eigenvalue weighted by Gasteiger charge is 2.26. The van der Waals surface area contributed by atoms with E-state index in [1.54, 1.807) is 0 Å². The van der Waals surface area contributed by atoms with Crippen molar-refractivity contribution < 1.29 is 27.6 Å². The summed E-state index contributed by atoms with van der Waals surface area (Å²) in [5.41, 5.74) is 1.90. The van der Waals surface area contributed by atoms with Crippen LogP contribution < -0.4 is 15.1 Å². The van der Waals surface area contributed by atoms with Crippen LogP contribution in [0.5, 0.6) is 0 Å². The zero-order chi connectivity index (χ0) is 23.6. The number of hydroxylamine groups is 1. The number of hydrogen-bond acceptors (Lipinski definition) is 8. The standard InChI is InChI=1S/C21H23ClN4O6S/c1-2-31-15-4-3-7-26(12-15)20-17(9-14(22)11-23-20)25-33(29,30)16-6-5-13-8-19(21(27)24-28)32-18(13)10-16/h5-6,8-11,15,25,28H,2-4,7,12H2,1H3,(H,24,27). The molecule has 1 amide bonds. The maximum absolute atomic E-state index is 13.2. The van der Waals surface area contributed by atoms with Crippen molar-refractivity contribution in [1.82, 2.24) is 10.5 Å². The number of fused-ring (bicyclic) bond motifs is 1. The molecule has 0 bridgehead atoms. The molecule has 1 aromatic carbocycles. The summed E-state index contributed by atoms with van der Waals surface area (Å²) in [5.74, 6) is -0.520. The molecule has 3 aromatic rings. The second-order valence-corrected chi connectivity index (χ2v) is 9.67. The van der Waals surface area contributed by atoms with E-state index in [0.717, 1.165) is 12.8 Å². The zero-order valence-electron chi connectivity index (χ0n) is 17.7. The SMILES string of the molecule is CCOC1CCCN(c2ncc(Cl)cc2NS(=O)(=O)c2ccc3cc(C(=O)NO)oc3c2)C1. The minimum Gasteiger partial charge on any atom is -0.451 e. The van der Waals surface area contributed by atoms with Crippen LogP contribution in [0.1, 0.15) is 30.3 Å². The molecule has 3 heterocycles. The third-order valence-corrected chi connectivity index (χ3v) is 6.85. The molecule has 1 unspecified atom stereocenters. The second-order valence-electron chi connectivity index (χ2n) is 7.55. The van der Waals surface area contributed by atoms with Gasteiger partial charge in [0.1, 0.15) is 5.58 Å². The molecular formula is C21H23ClN4O6S. The minimum absolute atomic E-state index is 0.0392. The van der Waals surface area contributed by atoms with Gasteiger partial charge in [-0.15, -0.1) is 0 Å². The summed E-state index contributed by atoms with van der Waals surface area (Å²) in [7, 11) is -4.04. The van der Waals surface area contributed by atoms with Crippen LogP contribution in [-0.4, -0.2) is 50.3 Å². The first-order valence-electron chi connectivity index (χ1n) is 10.3. The molecule has 1 saturated heterocycles. The maximum Gasteiger partial charge on any atom is 0.310 e. The molecular weight excluding hydrogens is 472 g/mol. The number of carbonyl (C=O) groups excluding carboxylic acids is 1. The molecule has 0 radical (unpaired) electrons. The van der Waals surface area contributed by atoms with Gasteiger partial charge in [-0.1, -0.05) is 11.6 Å². The first-order chi connectivity index (χ1) is 15.8. The van der Waals surface area contributed by atoms with Crippen molar-refractivity contribution in [2.75, 3.05) is 29.3 Å². The van der Waals surface area contributed by atoms with Gasteiger partial charge in [0, 0.05) is 37.3 Å². The van der Waals surface area contributed by atoms with Crippen LogP contribution in [0, 0.1) is 0 Å². The van der Waals surface area contributed by atoms with Crippen LogP contribution in [0.4, 0.5) is 11.5 Å². The highest BCUT2D eigenvalue weighted by Crippen LogP contribution is 2.32. The molecule has 12 heteroatoms. The summed E-state index contributed by atoms with van der Waals surface area (Å²) in [4.78, 5) is 17.9. The largest absolute Gasteiger partial charge is 0.451 e. The monoisotopic (exact) mass is 494 g/mol. The van der Waals surface area contributed by atoms with Gasteiger partial charge in [-0.3, -0.25) is 14.7 Å². The van der Waals surface area contributed by atoms with E-state index in [-0.39, 0.29) is 33.1 Å². The lowest BCUT2D eigenvalue weighted by Gasteiger charge is -2.34. The summed E-state index contributed by atoms with van der Waals surface area (Å²) in [5, 5.41) is 9.56. The van der Waals surface area contributed by atoms with E-state index in [4.69, 9.17) is 26.0 Å². The summed E-state index contributed by atoms with van der Waals surface area (Å²) in [6.07, 6.45) is 3.33. The summed E-state index contributed by atoms with van der Waals surface area (Å²) in [6, 6.07) is 7.12. The number of rotatable bonds is 7. The number of nitrogens with one attached hydrogen (secondary N) is 2. The van der Waals surface area contributed by atoms with Gasteiger partial charge in [0.05, 0.1) is 21.7 Å². The number of aromatic nitrogens is 1.